The average Bonchev–Trinajstić information content (AvgIpc) is 3.10. The zero-order valence-corrected chi connectivity index (χ0v) is 12.1. The molecule has 3 nitrogen and oxygen atoms in total. The molecule has 2 unspecified atom stereocenters. The minimum atomic E-state index is -4.07. The van der Waals surface area contributed by atoms with E-state index >= 15 is 0 Å². The zero-order valence-electron chi connectivity index (χ0n) is 9.76. The normalized spacial score (nSPS) is 32.5. The molecular formula is C9H17F3O3Si2. The lowest BCUT2D eigenvalue weighted by atomic mass is 10.2. The van der Waals surface area contributed by atoms with Gasteiger partial charge >= 0.3 is 15.5 Å². The highest BCUT2D eigenvalue weighted by molar-refractivity contribution is 6.78. The van der Waals surface area contributed by atoms with E-state index in [1.807, 2.05) is 6.55 Å². The van der Waals surface area contributed by atoms with E-state index in [1.165, 1.54) is 0 Å². The molecule has 2 aliphatic rings. The molecule has 0 aliphatic carbocycles. The summed E-state index contributed by atoms with van der Waals surface area (Å²) in [6.45, 7) is 2.59. The van der Waals surface area contributed by atoms with Gasteiger partial charge in [-0.05, 0) is 25.3 Å². The Balaban J connectivity index is 1.95. The SMILES string of the molecule is C[SiH](CCC(F)(F)F)C1([SiH]2OO2)CCCCO1. The lowest BCUT2D eigenvalue weighted by Gasteiger charge is -2.38. The third-order valence-electron chi connectivity index (χ3n) is 3.62. The molecule has 2 heterocycles. The maximum atomic E-state index is 12.3. The van der Waals surface area contributed by atoms with E-state index in [2.05, 4.69) is 0 Å². The Morgan fingerprint density at radius 1 is 1.29 bits per heavy atom. The molecule has 0 amide bonds. The fraction of sp³-hybridized carbons (Fsp3) is 1.00. The quantitative estimate of drug-likeness (QED) is 0.450. The molecule has 2 atom stereocenters. The molecule has 0 aromatic rings. The predicted octanol–water partition coefficient (Wildman–Crippen LogP) is 2.00. The molecule has 0 radical (unpaired) electrons. The largest absolute Gasteiger partial charge is 0.420 e. The first-order chi connectivity index (χ1) is 7.94. The van der Waals surface area contributed by atoms with Crippen LogP contribution in [-0.2, 0) is 13.9 Å². The van der Waals surface area contributed by atoms with Crippen LogP contribution in [0.4, 0.5) is 13.2 Å². The van der Waals surface area contributed by atoms with Gasteiger partial charge in [0.2, 0.25) is 0 Å². The minimum absolute atomic E-state index is 0.222. The monoisotopic (exact) mass is 286 g/mol. The lowest BCUT2D eigenvalue weighted by molar-refractivity contribution is -0.130. The van der Waals surface area contributed by atoms with Gasteiger partial charge in [0.1, 0.15) is 0 Å². The third kappa shape index (κ3) is 3.31. The van der Waals surface area contributed by atoms with Crippen molar-refractivity contribution in [1.29, 1.82) is 0 Å². The molecule has 17 heavy (non-hydrogen) atoms. The lowest BCUT2D eigenvalue weighted by Crippen LogP contribution is -2.55. The topological polar surface area (TPSA) is 34.3 Å². The molecule has 0 aromatic heterocycles. The van der Waals surface area contributed by atoms with Crippen LogP contribution in [-0.4, -0.2) is 35.7 Å². The average molecular weight is 286 g/mol. The number of rotatable bonds is 4. The summed E-state index contributed by atoms with van der Waals surface area (Å²) in [5, 5.41) is 0. The van der Waals surface area contributed by atoms with Gasteiger partial charge in [-0.3, -0.25) is 9.15 Å². The van der Waals surface area contributed by atoms with Gasteiger partial charge in [-0.15, -0.1) is 0 Å². The number of hydrogen-bond acceptors (Lipinski definition) is 3. The number of hydrogen-bond donors (Lipinski definition) is 0. The van der Waals surface area contributed by atoms with Crippen molar-refractivity contribution < 1.29 is 27.1 Å². The standard InChI is InChI=1S/C9H17F3O3Si2/c1-16(7-5-8(10,11)12)9(17-14-15-17)4-2-3-6-13-9/h16-17H,2-7H2,1H3. The van der Waals surface area contributed by atoms with E-state index in [9.17, 15) is 13.2 Å². The van der Waals surface area contributed by atoms with Gasteiger partial charge in [0.25, 0.3) is 0 Å². The van der Waals surface area contributed by atoms with Crippen LogP contribution in [0.3, 0.4) is 0 Å². The highest BCUT2D eigenvalue weighted by Gasteiger charge is 2.58. The molecule has 2 rings (SSSR count). The molecule has 8 heteroatoms. The van der Waals surface area contributed by atoms with Crippen molar-refractivity contribution in [3.05, 3.63) is 0 Å². The first kappa shape index (κ1) is 13.5. The number of alkyl halides is 3. The fourth-order valence-electron chi connectivity index (χ4n) is 2.46. The van der Waals surface area contributed by atoms with Gasteiger partial charge in [-0.2, -0.15) is 13.2 Å². The fourth-order valence-corrected chi connectivity index (χ4v) is 8.74. The van der Waals surface area contributed by atoms with Gasteiger partial charge in [-0.25, -0.2) is 0 Å². The molecule has 0 spiro atoms. The van der Waals surface area contributed by atoms with Crippen LogP contribution < -0.4 is 0 Å². The molecule has 100 valence electrons. The maximum absolute atomic E-state index is 12.3. The van der Waals surface area contributed by atoms with Gasteiger partial charge in [-0.1, -0.05) is 6.55 Å². The third-order valence-corrected chi connectivity index (χ3v) is 11.1. The van der Waals surface area contributed by atoms with E-state index in [0.29, 0.717) is 6.61 Å². The molecule has 0 saturated carbocycles. The second-order valence-electron chi connectivity index (χ2n) is 4.84. The number of halogens is 3. The van der Waals surface area contributed by atoms with Gasteiger partial charge < -0.3 is 4.74 Å². The van der Waals surface area contributed by atoms with Crippen molar-refractivity contribution in [2.75, 3.05) is 6.61 Å². The number of ether oxygens (including phenoxy) is 1. The van der Waals surface area contributed by atoms with Crippen LogP contribution in [0.15, 0.2) is 0 Å². The Hall–Kier alpha value is 0.104. The van der Waals surface area contributed by atoms with Crippen molar-refractivity contribution in [3.63, 3.8) is 0 Å². The van der Waals surface area contributed by atoms with E-state index in [1.54, 1.807) is 0 Å². The van der Waals surface area contributed by atoms with Crippen LogP contribution in [0.1, 0.15) is 25.7 Å². The first-order valence-electron chi connectivity index (χ1n) is 5.97. The van der Waals surface area contributed by atoms with Gasteiger partial charge in [0.05, 0.1) is 13.6 Å². The summed E-state index contributed by atoms with van der Waals surface area (Å²) in [5.41, 5.74) is 0. The molecular weight excluding hydrogens is 269 g/mol. The van der Waals surface area contributed by atoms with Crippen molar-refractivity contribution in [1.82, 2.24) is 0 Å². The van der Waals surface area contributed by atoms with Crippen LogP contribution in [0.5, 0.6) is 0 Å². The van der Waals surface area contributed by atoms with Crippen LogP contribution in [0.25, 0.3) is 0 Å². The Morgan fingerprint density at radius 2 is 2.00 bits per heavy atom. The Labute approximate surface area is 102 Å². The highest BCUT2D eigenvalue weighted by Crippen LogP contribution is 2.38. The Morgan fingerprint density at radius 3 is 2.47 bits per heavy atom. The second kappa shape index (κ2) is 5.00. The summed E-state index contributed by atoms with van der Waals surface area (Å²) >= 11 is 0. The Kier molecular flexibility index (Phi) is 3.98. The summed E-state index contributed by atoms with van der Waals surface area (Å²) in [7, 11) is -3.45. The summed E-state index contributed by atoms with van der Waals surface area (Å²) in [6, 6.07) is 0.222. The molecule has 2 aliphatic heterocycles. The van der Waals surface area contributed by atoms with Crippen LogP contribution >= 0.6 is 0 Å². The van der Waals surface area contributed by atoms with E-state index < -0.39 is 35.5 Å². The minimum Gasteiger partial charge on any atom is -0.377 e. The van der Waals surface area contributed by atoms with Crippen molar-refractivity contribution in [2.45, 2.75) is 49.3 Å². The highest BCUT2D eigenvalue weighted by atomic mass is 28.4. The zero-order chi connectivity index (χ0) is 12.5. The van der Waals surface area contributed by atoms with E-state index in [0.717, 1.165) is 19.3 Å². The van der Waals surface area contributed by atoms with E-state index in [4.69, 9.17) is 13.9 Å². The smallest absolute Gasteiger partial charge is 0.377 e. The maximum Gasteiger partial charge on any atom is 0.420 e. The summed E-state index contributed by atoms with van der Waals surface area (Å²) in [5.74, 6) is 0. The second-order valence-corrected chi connectivity index (χ2v) is 10.9. The molecule has 0 bridgehead atoms. The molecule has 0 aromatic carbocycles. The summed E-state index contributed by atoms with van der Waals surface area (Å²) in [4.78, 5) is -0.399. The molecule has 2 fully saturated rings. The van der Waals surface area contributed by atoms with Crippen LogP contribution in [0, 0.1) is 0 Å². The van der Waals surface area contributed by atoms with Crippen molar-refractivity contribution in [3.8, 4) is 0 Å². The Bertz CT molecular complexity index is 265. The van der Waals surface area contributed by atoms with Crippen LogP contribution in [0.2, 0.25) is 12.6 Å². The summed E-state index contributed by atoms with van der Waals surface area (Å²) in [6.07, 6.45) is -1.94. The van der Waals surface area contributed by atoms with Crippen molar-refractivity contribution >= 4 is 18.1 Å². The predicted molar refractivity (Wildman–Crippen MR) is 60.3 cm³/mol. The van der Waals surface area contributed by atoms with E-state index in [-0.39, 0.29) is 6.04 Å². The molecule has 0 N–H and O–H groups in total. The van der Waals surface area contributed by atoms with Gasteiger partial charge in [0.15, 0.2) is 0 Å². The summed E-state index contributed by atoms with van der Waals surface area (Å²) < 4.78 is 52.5. The van der Waals surface area contributed by atoms with Crippen molar-refractivity contribution in [2.24, 2.45) is 0 Å². The van der Waals surface area contributed by atoms with Gasteiger partial charge in [0, 0.05) is 13.0 Å². The molecule has 2 saturated heterocycles. The first-order valence-corrected chi connectivity index (χ1v) is 10.0.